The summed E-state index contributed by atoms with van der Waals surface area (Å²) in [7, 11) is 0. The number of aromatic nitrogens is 3. The minimum atomic E-state index is -0.588. The van der Waals surface area contributed by atoms with Crippen molar-refractivity contribution in [3.63, 3.8) is 0 Å². The van der Waals surface area contributed by atoms with E-state index in [0.717, 1.165) is 38.2 Å². The van der Waals surface area contributed by atoms with Crippen LogP contribution in [-0.2, 0) is 0 Å². The lowest BCUT2D eigenvalue weighted by molar-refractivity contribution is 0.103. The molecule has 3 heterocycles. The SMILES string of the molecule is CCN1CCC(Oc2ccc(-c3noc(=O)[nH]3)nc2)CC1.Cl. The topological polar surface area (TPSA) is 84.2 Å². The van der Waals surface area contributed by atoms with Crippen molar-refractivity contribution in [3.8, 4) is 17.3 Å². The van der Waals surface area contributed by atoms with Crippen molar-refractivity contribution in [3.05, 3.63) is 28.9 Å². The lowest BCUT2D eigenvalue weighted by Crippen LogP contribution is -2.37. The van der Waals surface area contributed by atoms with Gasteiger partial charge in [0.25, 0.3) is 0 Å². The normalized spacial score (nSPS) is 16.2. The Hall–Kier alpha value is -1.86. The number of halogens is 1. The number of pyridine rings is 1. The average molecular weight is 327 g/mol. The third kappa shape index (κ3) is 3.86. The third-order valence-electron chi connectivity index (χ3n) is 3.70. The molecular formula is C14H19ClN4O3. The number of hydrogen-bond acceptors (Lipinski definition) is 6. The molecule has 8 heteroatoms. The molecule has 0 amide bonds. The summed E-state index contributed by atoms with van der Waals surface area (Å²) in [5, 5.41) is 3.60. The van der Waals surface area contributed by atoms with Crippen molar-refractivity contribution in [1.82, 2.24) is 20.0 Å². The third-order valence-corrected chi connectivity index (χ3v) is 3.70. The number of aromatic amines is 1. The van der Waals surface area contributed by atoms with Crippen LogP contribution in [0.15, 0.2) is 27.6 Å². The highest BCUT2D eigenvalue weighted by Crippen LogP contribution is 2.20. The maximum Gasteiger partial charge on any atom is 0.439 e. The molecule has 0 atom stereocenters. The number of hydrogen-bond donors (Lipinski definition) is 1. The summed E-state index contributed by atoms with van der Waals surface area (Å²) in [5.41, 5.74) is 0.550. The van der Waals surface area contributed by atoms with Gasteiger partial charge in [-0.05, 0) is 31.5 Å². The molecule has 120 valence electrons. The summed E-state index contributed by atoms with van der Waals surface area (Å²) >= 11 is 0. The molecule has 1 aliphatic rings. The van der Waals surface area contributed by atoms with Gasteiger partial charge in [-0.3, -0.25) is 9.51 Å². The van der Waals surface area contributed by atoms with Gasteiger partial charge in [0, 0.05) is 13.1 Å². The number of likely N-dealkylation sites (tertiary alicyclic amines) is 1. The predicted octanol–water partition coefficient (Wildman–Crippen LogP) is 1.71. The van der Waals surface area contributed by atoms with Gasteiger partial charge in [-0.15, -0.1) is 12.4 Å². The fourth-order valence-electron chi connectivity index (χ4n) is 2.47. The van der Waals surface area contributed by atoms with Crippen LogP contribution >= 0.6 is 12.4 Å². The molecule has 7 nitrogen and oxygen atoms in total. The highest BCUT2D eigenvalue weighted by Gasteiger charge is 2.19. The lowest BCUT2D eigenvalue weighted by Gasteiger charge is -2.31. The lowest BCUT2D eigenvalue weighted by atomic mass is 10.1. The second kappa shape index (κ2) is 7.42. The van der Waals surface area contributed by atoms with Crippen molar-refractivity contribution in [2.75, 3.05) is 19.6 Å². The van der Waals surface area contributed by atoms with Gasteiger partial charge in [-0.1, -0.05) is 12.1 Å². The second-order valence-electron chi connectivity index (χ2n) is 5.07. The molecule has 0 bridgehead atoms. The molecule has 2 aromatic heterocycles. The fraction of sp³-hybridized carbons (Fsp3) is 0.500. The number of H-pyrrole nitrogens is 1. The van der Waals surface area contributed by atoms with Gasteiger partial charge in [0.05, 0.1) is 6.20 Å². The Bertz CT molecular complexity index is 632. The van der Waals surface area contributed by atoms with Crippen LogP contribution in [0.1, 0.15) is 19.8 Å². The van der Waals surface area contributed by atoms with Crippen LogP contribution in [0.5, 0.6) is 5.75 Å². The van der Waals surface area contributed by atoms with E-state index in [2.05, 4.69) is 31.5 Å². The molecule has 1 saturated heterocycles. The van der Waals surface area contributed by atoms with E-state index < -0.39 is 5.76 Å². The Balaban J connectivity index is 0.00000176. The van der Waals surface area contributed by atoms with E-state index in [1.807, 2.05) is 6.07 Å². The van der Waals surface area contributed by atoms with Gasteiger partial charge < -0.3 is 9.64 Å². The summed E-state index contributed by atoms with van der Waals surface area (Å²) in [4.78, 5) is 20.0. The van der Waals surface area contributed by atoms with Gasteiger partial charge in [0.15, 0.2) is 0 Å². The Morgan fingerprint density at radius 2 is 2.18 bits per heavy atom. The molecular weight excluding hydrogens is 308 g/mol. The van der Waals surface area contributed by atoms with Crippen molar-refractivity contribution in [1.29, 1.82) is 0 Å². The minimum absolute atomic E-state index is 0. The Morgan fingerprint density at radius 3 is 2.73 bits per heavy atom. The van der Waals surface area contributed by atoms with Crippen molar-refractivity contribution < 1.29 is 9.26 Å². The maximum absolute atomic E-state index is 10.9. The van der Waals surface area contributed by atoms with Gasteiger partial charge in [0.1, 0.15) is 17.5 Å². The van der Waals surface area contributed by atoms with Crippen LogP contribution in [0.25, 0.3) is 11.5 Å². The molecule has 0 unspecified atom stereocenters. The molecule has 3 rings (SSSR count). The average Bonchev–Trinajstić information content (AvgIpc) is 2.95. The van der Waals surface area contributed by atoms with Gasteiger partial charge in [-0.2, -0.15) is 0 Å². The zero-order valence-electron chi connectivity index (χ0n) is 12.3. The van der Waals surface area contributed by atoms with Gasteiger partial charge in [-0.25, -0.2) is 9.78 Å². The van der Waals surface area contributed by atoms with E-state index in [4.69, 9.17) is 4.74 Å². The molecule has 22 heavy (non-hydrogen) atoms. The largest absolute Gasteiger partial charge is 0.489 e. The van der Waals surface area contributed by atoms with Gasteiger partial charge in [0.2, 0.25) is 5.82 Å². The number of piperidine rings is 1. The van der Waals surface area contributed by atoms with Crippen LogP contribution in [0.3, 0.4) is 0 Å². The first-order valence-electron chi connectivity index (χ1n) is 7.16. The van der Waals surface area contributed by atoms with Crippen molar-refractivity contribution >= 4 is 12.4 Å². The quantitative estimate of drug-likeness (QED) is 0.920. The summed E-state index contributed by atoms with van der Waals surface area (Å²) in [6.45, 7) is 5.43. The monoisotopic (exact) mass is 326 g/mol. The minimum Gasteiger partial charge on any atom is -0.489 e. The van der Waals surface area contributed by atoms with Crippen LogP contribution in [0.2, 0.25) is 0 Å². The second-order valence-corrected chi connectivity index (χ2v) is 5.07. The Kier molecular flexibility index (Phi) is 5.57. The number of nitrogens with one attached hydrogen (secondary N) is 1. The standard InChI is InChI=1S/C14H18N4O3.ClH/c1-2-18-7-5-10(6-8-18)20-11-3-4-12(15-9-11)13-16-14(19)21-17-13;/h3-4,9-10H,2,5-8H2,1H3,(H,16,17,19);1H. The smallest absolute Gasteiger partial charge is 0.439 e. The van der Waals surface area contributed by atoms with Crippen molar-refractivity contribution in [2.24, 2.45) is 0 Å². The van der Waals surface area contributed by atoms with E-state index in [9.17, 15) is 4.79 Å². The van der Waals surface area contributed by atoms with E-state index in [-0.39, 0.29) is 18.5 Å². The van der Waals surface area contributed by atoms with Gasteiger partial charge >= 0.3 is 5.76 Å². The highest BCUT2D eigenvalue weighted by atomic mass is 35.5. The van der Waals surface area contributed by atoms with E-state index in [1.54, 1.807) is 12.3 Å². The maximum atomic E-state index is 10.9. The molecule has 0 aromatic carbocycles. The number of ether oxygens (including phenoxy) is 1. The molecule has 0 radical (unpaired) electrons. The predicted molar refractivity (Wildman–Crippen MR) is 83.4 cm³/mol. The van der Waals surface area contributed by atoms with Crippen molar-refractivity contribution in [2.45, 2.75) is 25.9 Å². The molecule has 0 saturated carbocycles. The van der Waals surface area contributed by atoms with E-state index >= 15 is 0 Å². The van der Waals surface area contributed by atoms with E-state index in [1.165, 1.54) is 0 Å². The van der Waals surface area contributed by atoms with Crippen LogP contribution < -0.4 is 10.5 Å². The number of rotatable bonds is 4. The summed E-state index contributed by atoms with van der Waals surface area (Å²) in [6.07, 6.45) is 3.96. The summed E-state index contributed by atoms with van der Waals surface area (Å²) in [5.74, 6) is 0.470. The molecule has 1 fully saturated rings. The highest BCUT2D eigenvalue weighted by molar-refractivity contribution is 5.85. The zero-order chi connectivity index (χ0) is 14.7. The van der Waals surface area contributed by atoms with E-state index in [0.29, 0.717) is 11.5 Å². The first kappa shape index (κ1) is 16.5. The molecule has 1 N–H and O–H groups in total. The Labute approximate surface area is 134 Å². The first-order chi connectivity index (χ1) is 10.2. The zero-order valence-corrected chi connectivity index (χ0v) is 13.1. The molecule has 0 spiro atoms. The fourth-order valence-corrected chi connectivity index (χ4v) is 2.47. The number of nitrogens with zero attached hydrogens (tertiary/aromatic N) is 3. The molecule has 0 aliphatic carbocycles. The van der Waals surface area contributed by atoms with Crippen LogP contribution in [0.4, 0.5) is 0 Å². The van der Waals surface area contributed by atoms with Crippen LogP contribution in [-0.4, -0.2) is 45.8 Å². The summed E-state index contributed by atoms with van der Waals surface area (Å²) < 4.78 is 10.4. The van der Waals surface area contributed by atoms with Crippen LogP contribution in [0, 0.1) is 0 Å². The summed E-state index contributed by atoms with van der Waals surface area (Å²) in [6, 6.07) is 3.59. The molecule has 1 aliphatic heterocycles. The first-order valence-corrected chi connectivity index (χ1v) is 7.16. The Morgan fingerprint density at radius 1 is 1.41 bits per heavy atom. The molecule has 2 aromatic rings.